The Balaban J connectivity index is 2.33. The fraction of sp³-hybridized carbons (Fsp3) is 0.0625. The number of hydrogen-bond donors (Lipinski definition) is 2. The maximum atomic E-state index is 12.5. The van der Waals surface area contributed by atoms with Crippen molar-refractivity contribution >= 4 is 33.4 Å². The molecule has 0 amide bonds. The number of para-hydroxylation sites is 1. The summed E-state index contributed by atoms with van der Waals surface area (Å²) in [6.45, 7) is 3.64. The van der Waals surface area contributed by atoms with Gasteiger partial charge in [-0.2, -0.15) is 0 Å². The zero-order valence-electron chi connectivity index (χ0n) is 12.1. The first-order valence-corrected chi connectivity index (χ1v) is 9.10. The van der Waals surface area contributed by atoms with E-state index >= 15 is 0 Å². The van der Waals surface area contributed by atoms with Crippen molar-refractivity contribution < 1.29 is 18.3 Å². The van der Waals surface area contributed by atoms with Crippen LogP contribution in [0.15, 0.2) is 71.0 Å². The number of benzene rings is 2. The molecule has 0 spiro atoms. The molecule has 2 N–H and O–H groups in total. The van der Waals surface area contributed by atoms with Crippen molar-refractivity contribution in [3.8, 4) is 0 Å². The van der Waals surface area contributed by atoms with E-state index < -0.39 is 16.0 Å². The van der Waals surface area contributed by atoms with E-state index in [1.54, 1.807) is 24.3 Å². The molecule has 0 aromatic heterocycles. The van der Waals surface area contributed by atoms with Gasteiger partial charge in [0.05, 0.1) is 16.1 Å². The van der Waals surface area contributed by atoms with Crippen molar-refractivity contribution in [3.05, 3.63) is 66.7 Å². The van der Waals surface area contributed by atoms with Gasteiger partial charge in [0.15, 0.2) is 0 Å². The van der Waals surface area contributed by atoms with Gasteiger partial charge < -0.3 is 5.11 Å². The number of nitrogens with one attached hydrogen (secondary N) is 1. The van der Waals surface area contributed by atoms with Crippen molar-refractivity contribution in [2.24, 2.45) is 0 Å². The molecule has 7 heteroatoms. The zero-order valence-corrected chi connectivity index (χ0v) is 13.7. The number of carboxylic acids is 1. The van der Waals surface area contributed by atoms with Crippen LogP contribution in [0.5, 0.6) is 0 Å². The topological polar surface area (TPSA) is 83.5 Å². The quantitative estimate of drug-likeness (QED) is 0.591. The van der Waals surface area contributed by atoms with Gasteiger partial charge in [0.2, 0.25) is 0 Å². The van der Waals surface area contributed by atoms with Crippen LogP contribution in [-0.2, 0) is 10.0 Å². The van der Waals surface area contributed by atoms with E-state index in [0.29, 0.717) is 11.4 Å². The second-order valence-corrected chi connectivity index (χ2v) is 7.28. The van der Waals surface area contributed by atoms with Crippen LogP contribution in [0.1, 0.15) is 10.4 Å². The normalized spacial score (nSPS) is 11.0. The highest BCUT2D eigenvalue weighted by Crippen LogP contribution is 2.29. The fourth-order valence-corrected chi connectivity index (χ4v) is 3.76. The summed E-state index contributed by atoms with van der Waals surface area (Å²) in [5.41, 5.74) is 0.363. The summed E-state index contributed by atoms with van der Waals surface area (Å²) < 4.78 is 27.4. The van der Waals surface area contributed by atoms with Crippen LogP contribution < -0.4 is 4.72 Å². The Hall–Kier alpha value is -2.25. The molecule has 120 valence electrons. The van der Waals surface area contributed by atoms with Gasteiger partial charge in [0.25, 0.3) is 10.0 Å². The lowest BCUT2D eigenvalue weighted by Gasteiger charge is -2.12. The molecular weight excluding hydrogens is 334 g/mol. The number of sulfonamides is 1. The standard InChI is InChI=1S/C16H15NO4S2/c1-2-10-22-15-9-4-3-8-14(15)17-23(20,21)13-7-5-6-12(11-13)16(18)19/h2-9,11,17H,1,10H2,(H,18,19). The second kappa shape index (κ2) is 7.34. The molecule has 0 aliphatic rings. The van der Waals surface area contributed by atoms with Crippen LogP contribution in [0.2, 0.25) is 0 Å². The SMILES string of the molecule is C=CCSc1ccccc1NS(=O)(=O)c1cccc(C(=O)O)c1. The highest BCUT2D eigenvalue weighted by Gasteiger charge is 2.17. The molecule has 5 nitrogen and oxygen atoms in total. The number of thioether (sulfide) groups is 1. The largest absolute Gasteiger partial charge is 0.478 e. The first-order chi connectivity index (χ1) is 10.9. The Morgan fingerprint density at radius 2 is 1.96 bits per heavy atom. The molecule has 0 bridgehead atoms. The average Bonchev–Trinajstić information content (AvgIpc) is 2.54. The summed E-state index contributed by atoms with van der Waals surface area (Å²) in [4.78, 5) is 11.7. The first kappa shape index (κ1) is 17.1. The van der Waals surface area contributed by atoms with Crippen LogP contribution in [0.4, 0.5) is 5.69 Å². The summed E-state index contributed by atoms with van der Waals surface area (Å²) in [5, 5.41) is 8.98. The minimum Gasteiger partial charge on any atom is -0.478 e. The number of carbonyl (C=O) groups is 1. The number of anilines is 1. The summed E-state index contributed by atoms with van der Waals surface area (Å²) in [6, 6.07) is 12.2. The molecular formula is C16H15NO4S2. The van der Waals surface area contributed by atoms with E-state index in [-0.39, 0.29) is 10.5 Å². The van der Waals surface area contributed by atoms with Gasteiger partial charge in [-0.25, -0.2) is 13.2 Å². The Kier molecular flexibility index (Phi) is 5.46. The second-order valence-electron chi connectivity index (χ2n) is 4.53. The maximum Gasteiger partial charge on any atom is 0.335 e. The van der Waals surface area contributed by atoms with Gasteiger partial charge in [0, 0.05) is 10.6 Å². The third-order valence-corrected chi connectivity index (χ3v) is 5.31. The molecule has 2 aromatic rings. The lowest BCUT2D eigenvalue weighted by Crippen LogP contribution is -2.14. The number of hydrogen-bond acceptors (Lipinski definition) is 4. The van der Waals surface area contributed by atoms with E-state index in [2.05, 4.69) is 11.3 Å². The van der Waals surface area contributed by atoms with E-state index in [4.69, 9.17) is 5.11 Å². The van der Waals surface area contributed by atoms with E-state index in [1.165, 1.54) is 30.0 Å². The van der Waals surface area contributed by atoms with Crippen LogP contribution in [-0.4, -0.2) is 25.2 Å². The van der Waals surface area contributed by atoms with Crippen LogP contribution in [0, 0.1) is 0 Å². The van der Waals surface area contributed by atoms with Crippen molar-refractivity contribution in [2.75, 3.05) is 10.5 Å². The summed E-state index contributed by atoms with van der Waals surface area (Å²) in [6.07, 6.45) is 1.73. The predicted molar refractivity (Wildman–Crippen MR) is 91.6 cm³/mol. The molecule has 0 radical (unpaired) electrons. The summed E-state index contributed by atoms with van der Waals surface area (Å²) in [7, 11) is -3.87. The average molecular weight is 349 g/mol. The molecule has 0 saturated carbocycles. The van der Waals surface area contributed by atoms with E-state index in [1.807, 2.05) is 6.07 Å². The minimum atomic E-state index is -3.87. The summed E-state index contributed by atoms with van der Waals surface area (Å²) in [5.74, 6) is -0.531. The van der Waals surface area contributed by atoms with Crippen molar-refractivity contribution in [3.63, 3.8) is 0 Å². The van der Waals surface area contributed by atoms with Gasteiger partial charge in [-0.3, -0.25) is 4.72 Å². The Morgan fingerprint density at radius 1 is 1.22 bits per heavy atom. The predicted octanol–water partition coefficient (Wildman–Crippen LogP) is 3.46. The van der Waals surface area contributed by atoms with Gasteiger partial charge in [0.1, 0.15) is 0 Å². The minimum absolute atomic E-state index is 0.0813. The van der Waals surface area contributed by atoms with Crippen molar-refractivity contribution in [1.29, 1.82) is 0 Å². The van der Waals surface area contributed by atoms with Crippen LogP contribution >= 0.6 is 11.8 Å². The van der Waals surface area contributed by atoms with E-state index in [9.17, 15) is 13.2 Å². The Morgan fingerprint density at radius 3 is 2.65 bits per heavy atom. The van der Waals surface area contributed by atoms with E-state index in [0.717, 1.165) is 11.0 Å². The number of carboxylic acid groups (broad SMARTS) is 1. The van der Waals surface area contributed by atoms with Crippen molar-refractivity contribution in [2.45, 2.75) is 9.79 Å². The van der Waals surface area contributed by atoms with Crippen LogP contribution in [0.25, 0.3) is 0 Å². The molecule has 0 saturated heterocycles. The van der Waals surface area contributed by atoms with Crippen LogP contribution in [0.3, 0.4) is 0 Å². The molecule has 0 atom stereocenters. The number of aromatic carboxylic acids is 1. The van der Waals surface area contributed by atoms with Gasteiger partial charge >= 0.3 is 5.97 Å². The lowest BCUT2D eigenvalue weighted by molar-refractivity contribution is 0.0696. The Labute approximate surface area is 139 Å². The monoisotopic (exact) mass is 349 g/mol. The smallest absolute Gasteiger partial charge is 0.335 e. The Bertz CT molecular complexity index is 831. The highest BCUT2D eigenvalue weighted by molar-refractivity contribution is 7.99. The third-order valence-electron chi connectivity index (χ3n) is 2.88. The van der Waals surface area contributed by atoms with Gasteiger partial charge in [-0.05, 0) is 30.3 Å². The molecule has 2 rings (SSSR count). The maximum absolute atomic E-state index is 12.5. The molecule has 23 heavy (non-hydrogen) atoms. The fourth-order valence-electron chi connectivity index (χ4n) is 1.83. The molecule has 0 fully saturated rings. The molecule has 0 aliphatic carbocycles. The lowest BCUT2D eigenvalue weighted by atomic mass is 10.2. The molecule has 0 aliphatic heterocycles. The number of rotatable bonds is 7. The molecule has 0 unspecified atom stereocenters. The summed E-state index contributed by atoms with van der Waals surface area (Å²) >= 11 is 1.45. The first-order valence-electron chi connectivity index (χ1n) is 6.63. The highest BCUT2D eigenvalue weighted by atomic mass is 32.2. The van der Waals surface area contributed by atoms with Crippen molar-refractivity contribution in [1.82, 2.24) is 0 Å². The molecule has 0 heterocycles. The molecule has 2 aromatic carbocycles. The zero-order chi connectivity index (χ0) is 16.9. The van der Waals surface area contributed by atoms with Gasteiger partial charge in [-0.15, -0.1) is 18.3 Å². The van der Waals surface area contributed by atoms with Gasteiger partial charge in [-0.1, -0.05) is 24.3 Å². The third kappa shape index (κ3) is 4.37.